The Morgan fingerprint density at radius 2 is 1.90 bits per heavy atom. The van der Waals surface area contributed by atoms with E-state index in [0.29, 0.717) is 17.2 Å². The van der Waals surface area contributed by atoms with E-state index in [-0.39, 0.29) is 12.4 Å². The van der Waals surface area contributed by atoms with Crippen LogP contribution in [-0.2, 0) is 0 Å². The number of carbonyl (C=O) groups is 1. The van der Waals surface area contributed by atoms with Crippen LogP contribution in [0.2, 0.25) is 0 Å². The number of ether oxygens (including phenoxy) is 2. The minimum atomic E-state index is 0.0420. The van der Waals surface area contributed by atoms with Crippen LogP contribution in [-0.4, -0.2) is 19.5 Å². The summed E-state index contributed by atoms with van der Waals surface area (Å²) >= 11 is 2.34. The molecule has 0 spiro atoms. The van der Waals surface area contributed by atoms with Crippen LogP contribution < -0.4 is 9.47 Å². The van der Waals surface area contributed by atoms with Crippen LogP contribution in [0.5, 0.6) is 11.5 Å². The summed E-state index contributed by atoms with van der Waals surface area (Å²) in [6.45, 7) is 4.15. The molecule has 116 valence electrons. The highest BCUT2D eigenvalue weighted by molar-refractivity contribution is 14.1. The number of methoxy groups -OCH3 is 1. The quantitative estimate of drug-likeness (QED) is 0.657. The number of Topliss-reactive ketones (excluding diaryl/α,β-unsaturated/α-hetero) is 1. The standard InChI is InChI=1S/C15H17IO3.C2H6/c1-18-15-13(9-5-3-2-4-6-9)10(16)7-12-14(15)11(17)8-19-12;1-2/h7,9H,2-6,8H2,1H3;1-2H3. The maximum absolute atomic E-state index is 12.0. The lowest BCUT2D eigenvalue weighted by molar-refractivity contribution is 0.0959. The fourth-order valence-electron chi connectivity index (χ4n) is 3.20. The molecule has 0 N–H and O–H groups in total. The van der Waals surface area contributed by atoms with E-state index in [0.717, 1.165) is 9.32 Å². The molecule has 3 rings (SSSR count). The topological polar surface area (TPSA) is 35.5 Å². The largest absolute Gasteiger partial charge is 0.496 e. The molecule has 1 saturated carbocycles. The number of rotatable bonds is 2. The number of halogens is 1. The van der Waals surface area contributed by atoms with Crippen molar-refractivity contribution in [1.29, 1.82) is 0 Å². The van der Waals surface area contributed by atoms with Crippen molar-refractivity contribution in [3.05, 3.63) is 20.8 Å². The first kappa shape index (κ1) is 16.6. The van der Waals surface area contributed by atoms with Gasteiger partial charge in [-0.3, -0.25) is 4.79 Å². The van der Waals surface area contributed by atoms with Gasteiger partial charge in [-0.05, 0) is 47.4 Å². The van der Waals surface area contributed by atoms with Gasteiger partial charge in [-0.25, -0.2) is 0 Å². The van der Waals surface area contributed by atoms with E-state index in [1.807, 2.05) is 19.9 Å². The zero-order valence-corrected chi connectivity index (χ0v) is 15.2. The fraction of sp³-hybridized carbons (Fsp3) is 0.588. The molecule has 1 aromatic rings. The number of hydrogen-bond donors (Lipinski definition) is 0. The molecule has 0 amide bonds. The van der Waals surface area contributed by atoms with Gasteiger partial charge in [-0.15, -0.1) is 0 Å². The van der Waals surface area contributed by atoms with E-state index in [2.05, 4.69) is 22.6 Å². The van der Waals surface area contributed by atoms with Crippen molar-refractivity contribution in [2.75, 3.05) is 13.7 Å². The average Bonchev–Trinajstić information content (AvgIpc) is 2.89. The summed E-state index contributed by atoms with van der Waals surface area (Å²) in [5, 5.41) is 0. The van der Waals surface area contributed by atoms with Gasteiger partial charge in [0.15, 0.2) is 6.61 Å². The van der Waals surface area contributed by atoms with Gasteiger partial charge in [0.05, 0.1) is 7.11 Å². The van der Waals surface area contributed by atoms with Crippen molar-refractivity contribution in [2.45, 2.75) is 51.9 Å². The molecular weight excluding hydrogens is 379 g/mol. The van der Waals surface area contributed by atoms with Crippen LogP contribution in [0.4, 0.5) is 0 Å². The number of hydrogen-bond acceptors (Lipinski definition) is 3. The SMILES string of the molecule is CC.COc1c2c(cc(I)c1C1CCCCC1)OCC2=O. The zero-order valence-electron chi connectivity index (χ0n) is 13.0. The smallest absolute Gasteiger partial charge is 0.207 e. The maximum Gasteiger partial charge on any atom is 0.207 e. The van der Waals surface area contributed by atoms with E-state index < -0.39 is 0 Å². The van der Waals surface area contributed by atoms with Crippen molar-refractivity contribution in [3.8, 4) is 11.5 Å². The highest BCUT2D eigenvalue weighted by Crippen LogP contribution is 2.46. The van der Waals surface area contributed by atoms with Crippen molar-refractivity contribution >= 4 is 28.4 Å². The van der Waals surface area contributed by atoms with Crippen molar-refractivity contribution in [2.24, 2.45) is 0 Å². The molecule has 4 heteroatoms. The van der Waals surface area contributed by atoms with E-state index in [9.17, 15) is 4.79 Å². The molecular formula is C17H23IO3. The number of ketones is 1. The van der Waals surface area contributed by atoms with Gasteiger partial charge in [0, 0.05) is 9.13 Å². The molecule has 0 aromatic heterocycles. The van der Waals surface area contributed by atoms with E-state index in [1.165, 1.54) is 37.7 Å². The van der Waals surface area contributed by atoms with Gasteiger partial charge in [0.1, 0.15) is 17.1 Å². The Balaban J connectivity index is 0.000000774. The second-order valence-corrected chi connectivity index (χ2v) is 6.39. The molecule has 0 radical (unpaired) electrons. The molecule has 1 aliphatic carbocycles. The van der Waals surface area contributed by atoms with Gasteiger partial charge in [-0.2, -0.15) is 0 Å². The lowest BCUT2D eigenvalue weighted by atomic mass is 9.82. The minimum absolute atomic E-state index is 0.0420. The second-order valence-electron chi connectivity index (χ2n) is 5.23. The van der Waals surface area contributed by atoms with Crippen LogP contribution in [0, 0.1) is 3.57 Å². The van der Waals surface area contributed by atoms with Crippen molar-refractivity contribution < 1.29 is 14.3 Å². The normalized spacial score (nSPS) is 17.6. The Labute approximate surface area is 140 Å². The molecule has 1 fully saturated rings. The maximum atomic E-state index is 12.0. The van der Waals surface area contributed by atoms with Crippen LogP contribution in [0.3, 0.4) is 0 Å². The van der Waals surface area contributed by atoms with E-state index in [1.54, 1.807) is 7.11 Å². The number of benzene rings is 1. The zero-order chi connectivity index (χ0) is 15.4. The summed E-state index contributed by atoms with van der Waals surface area (Å²) in [7, 11) is 1.66. The number of fused-ring (bicyclic) bond motifs is 1. The fourth-order valence-corrected chi connectivity index (χ4v) is 4.17. The Hall–Kier alpha value is -0.780. The van der Waals surface area contributed by atoms with Crippen molar-refractivity contribution in [1.82, 2.24) is 0 Å². The predicted octanol–water partition coefficient (Wildman–Crippen LogP) is 4.95. The summed E-state index contributed by atoms with van der Waals surface area (Å²) in [5.41, 5.74) is 1.88. The lowest BCUT2D eigenvalue weighted by Gasteiger charge is -2.25. The van der Waals surface area contributed by atoms with Crippen LogP contribution in [0.1, 0.15) is 67.8 Å². The first-order valence-corrected chi connectivity index (χ1v) is 8.86. The molecule has 3 nitrogen and oxygen atoms in total. The van der Waals surface area contributed by atoms with Crippen LogP contribution in [0.15, 0.2) is 6.07 Å². The summed E-state index contributed by atoms with van der Waals surface area (Å²) in [5.74, 6) is 2.01. The number of carbonyl (C=O) groups excluding carboxylic acids is 1. The van der Waals surface area contributed by atoms with Crippen molar-refractivity contribution in [3.63, 3.8) is 0 Å². The first-order chi connectivity index (χ1) is 10.2. The molecule has 1 heterocycles. The lowest BCUT2D eigenvalue weighted by Crippen LogP contribution is -2.10. The third-order valence-electron chi connectivity index (χ3n) is 4.09. The second kappa shape index (κ2) is 7.47. The van der Waals surface area contributed by atoms with Crippen LogP contribution in [0.25, 0.3) is 0 Å². The van der Waals surface area contributed by atoms with E-state index >= 15 is 0 Å². The molecule has 0 saturated heterocycles. The summed E-state index contributed by atoms with van der Waals surface area (Å²) in [6.07, 6.45) is 6.25. The highest BCUT2D eigenvalue weighted by Gasteiger charge is 2.32. The summed E-state index contributed by atoms with van der Waals surface area (Å²) in [6, 6.07) is 1.99. The summed E-state index contributed by atoms with van der Waals surface area (Å²) in [4.78, 5) is 12.0. The Bertz CT molecular complexity index is 519. The molecule has 2 aliphatic rings. The van der Waals surface area contributed by atoms with Gasteiger partial charge in [0.2, 0.25) is 5.78 Å². The monoisotopic (exact) mass is 402 g/mol. The van der Waals surface area contributed by atoms with Gasteiger partial charge < -0.3 is 9.47 Å². The molecule has 1 aliphatic heterocycles. The molecule has 1 aromatic carbocycles. The van der Waals surface area contributed by atoms with Crippen LogP contribution >= 0.6 is 22.6 Å². The third kappa shape index (κ3) is 3.20. The molecule has 21 heavy (non-hydrogen) atoms. The molecule has 0 unspecified atom stereocenters. The molecule has 0 atom stereocenters. The van der Waals surface area contributed by atoms with Gasteiger partial charge in [-0.1, -0.05) is 33.1 Å². The minimum Gasteiger partial charge on any atom is -0.496 e. The average molecular weight is 402 g/mol. The van der Waals surface area contributed by atoms with E-state index in [4.69, 9.17) is 9.47 Å². The third-order valence-corrected chi connectivity index (χ3v) is 4.98. The predicted molar refractivity (Wildman–Crippen MR) is 92.7 cm³/mol. The van der Waals surface area contributed by atoms with Gasteiger partial charge in [0.25, 0.3) is 0 Å². The molecule has 0 bridgehead atoms. The Kier molecular flexibility index (Phi) is 5.90. The van der Waals surface area contributed by atoms with Gasteiger partial charge >= 0.3 is 0 Å². The summed E-state index contributed by atoms with van der Waals surface area (Å²) < 4.78 is 12.2. The Morgan fingerprint density at radius 1 is 1.24 bits per heavy atom. The highest BCUT2D eigenvalue weighted by atomic mass is 127. The first-order valence-electron chi connectivity index (χ1n) is 7.78. The Morgan fingerprint density at radius 3 is 2.52 bits per heavy atom.